The molecule has 160 valence electrons. The SMILES string of the molecule is Oc1cccnc1CN1CCC2(COCc3cnc(NCC4CCOCC4)nc32)C1. The Kier molecular flexibility index (Phi) is 5.54. The van der Waals surface area contributed by atoms with E-state index in [0.717, 1.165) is 63.4 Å². The van der Waals surface area contributed by atoms with Crippen molar-refractivity contribution in [1.82, 2.24) is 19.9 Å². The van der Waals surface area contributed by atoms with Crippen molar-refractivity contribution in [2.45, 2.75) is 37.8 Å². The van der Waals surface area contributed by atoms with Gasteiger partial charge in [0.1, 0.15) is 5.75 Å². The lowest BCUT2D eigenvalue weighted by molar-refractivity contribution is 0.0502. The average Bonchev–Trinajstić information content (AvgIpc) is 3.18. The number of ether oxygens (including phenoxy) is 2. The fraction of sp³-hybridized carbons (Fsp3) is 0.591. The second-order valence-corrected chi connectivity index (χ2v) is 8.71. The summed E-state index contributed by atoms with van der Waals surface area (Å²) in [5, 5.41) is 13.5. The number of likely N-dealkylation sites (tertiary alicyclic amines) is 1. The second kappa shape index (κ2) is 8.45. The van der Waals surface area contributed by atoms with Crippen molar-refractivity contribution in [1.29, 1.82) is 0 Å². The lowest BCUT2D eigenvalue weighted by Gasteiger charge is -2.34. The monoisotopic (exact) mass is 411 g/mol. The quantitative estimate of drug-likeness (QED) is 0.773. The van der Waals surface area contributed by atoms with Crippen LogP contribution in [0.25, 0.3) is 0 Å². The molecule has 1 spiro atoms. The summed E-state index contributed by atoms with van der Waals surface area (Å²) in [7, 11) is 0. The minimum Gasteiger partial charge on any atom is -0.506 e. The predicted octanol–water partition coefficient (Wildman–Crippen LogP) is 2.09. The summed E-state index contributed by atoms with van der Waals surface area (Å²) < 4.78 is 11.4. The highest BCUT2D eigenvalue weighted by Gasteiger charge is 2.45. The first-order chi connectivity index (χ1) is 14.7. The normalized spacial score (nSPS) is 24.8. The number of anilines is 1. The molecular weight excluding hydrogens is 382 g/mol. The molecule has 0 bridgehead atoms. The maximum Gasteiger partial charge on any atom is 0.222 e. The molecular formula is C22H29N5O3. The van der Waals surface area contributed by atoms with E-state index in [4.69, 9.17) is 14.5 Å². The number of nitrogens with one attached hydrogen (secondary N) is 1. The Morgan fingerprint density at radius 1 is 1.23 bits per heavy atom. The Balaban J connectivity index is 1.31. The standard InChI is InChI=1S/C22H29N5O3/c28-19-2-1-6-23-18(19)12-27-7-5-22(14-27)15-30-13-17-11-25-21(26-20(17)22)24-10-16-3-8-29-9-4-16/h1-2,6,11,16,28H,3-5,7-10,12-15H2,(H,24,25,26). The van der Waals surface area contributed by atoms with Gasteiger partial charge in [-0.1, -0.05) is 0 Å². The number of nitrogens with zero attached hydrogens (tertiary/aromatic N) is 4. The molecule has 1 atom stereocenters. The van der Waals surface area contributed by atoms with Crippen LogP contribution in [0.5, 0.6) is 5.75 Å². The minimum absolute atomic E-state index is 0.129. The summed E-state index contributed by atoms with van der Waals surface area (Å²) in [6.07, 6.45) is 6.80. The number of pyridine rings is 1. The van der Waals surface area contributed by atoms with Crippen molar-refractivity contribution >= 4 is 5.95 Å². The first-order valence-corrected chi connectivity index (χ1v) is 10.8. The van der Waals surface area contributed by atoms with Gasteiger partial charge in [0.05, 0.1) is 30.0 Å². The Bertz CT molecular complexity index is 889. The number of hydrogen-bond acceptors (Lipinski definition) is 8. The largest absolute Gasteiger partial charge is 0.506 e. The predicted molar refractivity (Wildman–Crippen MR) is 111 cm³/mol. The van der Waals surface area contributed by atoms with Crippen LogP contribution in [0.1, 0.15) is 36.2 Å². The molecule has 0 aliphatic carbocycles. The van der Waals surface area contributed by atoms with Crippen LogP contribution >= 0.6 is 0 Å². The lowest BCUT2D eigenvalue weighted by Crippen LogP contribution is -2.40. The molecule has 3 aliphatic rings. The summed E-state index contributed by atoms with van der Waals surface area (Å²) in [6, 6.07) is 3.44. The van der Waals surface area contributed by atoms with E-state index < -0.39 is 0 Å². The summed E-state index contributed by atoms with van der Waals surface area (Å²) in [5.41, 5.74) is 2.79. The van der Waals surface area contributed by atoms with Gasteiger partial charge in [-0.05, 0) is 43.9 Å². The molecule has 0 radical (unpaired) electrons. The zero-order chi connectivity index (χ0) is 20.4. The van der Waals surface area contributed by atoms with Crippen LogP contribution in [0, 0.1) is 5.92 Å². The summed E-state index contributed by atoms with van der Waals surface area (Å²) >= 11 is 0. The molecule has 2 fully saturated rings. The molecule has 5 heterocycles. The maximum absolute atomic E-state index is 10.1. The van der Waals surface area contributed by atoms with E-state index in [1.807, 2.05) is 6.20 Å². The Morgan fingerprint density at radius 3 is 3.00 bits per heavy atom. The molecule has 2 N–H and O–H groups in total. The van der Waals surface area contributed by atoms with Gasteiger partial charge < -0.3 is 19.9 Å². The molecule has 0 aromatic carbocycles. The van der Waals surface area contributed by atoms with E-state index in [1.54, 1.807) is 18.3 Å². The molecule has 1 unspecified atom stereocenters. The first kappa shape index (κ1) is 19.7. The van der Waals surface area contributed by atoms with E-state index in [1.165, 1.54) is 0 Å². The number of aromatic nitrogens is 3. The van der Waals surface area contributed by atoms with E-state index in [0.29, 0.717) is 37.3 Å². The highest BCUT2D eigenvalue weighted by Crippen LogP contribution is 2.40. The van der Waals surface area contributed by atoms with Crippen molar-refractivity contribution in [3.05, 3.63) is 41.5 Å². The molecule has 3 aliphatic heterocycles. The molecule has 8 heteroatoms. The highest BCUT2D eigenvalue weighted by atomic mass is 16.5. The van der Waals surface area contributed by atoms with Crippen LogP contribution in [0.4, 0.5) is 5.95 Å². The molecule has 0 amide bonds. The molecule has 2 aromatic rings. The van der Waals surface area contributed by atoms with Gasteiger partial charge in [0.15, 0.2) is 0 Å². The van der Waals surface area contributed by atoms with Gasteiger partial charge in [-0.2, -0.15) is 0 Å². The van der Waals surface area contributed by atoms with Crippen molar-refractivity contribution < 1.29 is 14.6 Å². The van der Waals surface area contributed by atoms with Gasteiger partial charge >= 0.3 is 0 Å². The Labute approximate surface area is 176 Å². The van der Waals surface area contributed by atoms with Crippen molar-refractivity contribution in [3.8, 4) is 5.75 Å². The molecule has 2 saturated heterocycles. The first-order valence-electron chi connectivity index (χ1n) is 10.8. The average molecular weight is 412 g/mol. The zero-order valence-corrected chi connectivity index (χ0v) is 17.2. The maximum atomic E-state index is 10.1. The molecule has 2 aromatic heterocycles. The van der Waals surface area contributed by atoms with E-state index >= 15 is 0 Å². The van der Waals surface area contributed by atoms with Gasteiger partial charge in [0.25, 0.3) is 0 Å². The number of fused-ring (bicyclic) bond motifs is 2. The molecule has 30 heavy (non-hydrogen) atoms. The van der Waals surface area contributed by atoms with E-state index in [9.17, 15) is 5.11 Å². The summed E-state index contributed by atoms with van der Waals surface area (Å²) in [6.45, 7) is 6.21. The van der Waals surface area contributed by atoms with Crippen molar-refractivity contribution in [2.75, 3.05) is 44.8 Å². The van der Waals surface area contributed by atoms with Gasteiger partial charge in [-0.3, -0.25) is 9.88 Å². The fourth-order valence-corrected chi connectivity index (χ4v) is 4.84. The number of rotatable bonds is 5. The molecule has 0 saturated carbocycles. The summed E-state index contributed by atoms with van der Waals surface area (Å²) in [5.74, 6) is 1.58. The smallest absolute Gasteiger partial charge is 0.222 e. The third-order valence-corrected chi connectivity index (χ3v) is 6.56. The van der Waals surface area contributed by atoms with Crippen LogP contribution in [-0.4, -0.2) is 64.4 Å². The molecule has 5 rings (SSSR count). The van der Waals surface area contributed by atoms with Gasteiger partial charge in [-0.25, -0.2) is 9.97 Å². The highest BCUT2D eigenvalue weighted by molar-refractivity contribution is 5.37. The van der Waals surface area contributed by atoms with Crippen LogP contribution in [0.3, 0.4) is 0 Å². The number of hydrogen-bond donors (Lipinski definition) is 2. The van der Waals surface area contributed by atoms with Crippen LogP contribution in [-0.2, 0) is 28.0 Å². The van der Waals surface area contributed by atoms with Crippen LogP contribution < -0.4 is 5.32 Å². The van der Waals surface area contributed by atoms with Crippen molar-refractivity contribution in [2.24, 2.45) is 5.92 Å². The van der Waals surface area contributed by atoms with Crippen LogP contribution in [0.2, 0.25) is 0 Å². The van der Waals surface area contributed by atoms with Crippen molar-refractivity contribution in [3.63, 3.8) is 0 Å². The zero-order valence-electron chi connectivity index (χ0n) is 17.2. The second-order valence-electron chi connectivity index (χ2n) is 8.71. The topological polar surface area (TPSA) is 92.6 Å². The minimum atomic E-state index is -0.129. The lowest BCUT2D eigenvalue weighted by atomic mass is 9.80. The number of aromatic hydroxyl groups is 1. The third-order valence-electron chi connectivity index (χ3n) is 6.56. The fourth-order valence-electron chi connectivity index (χ4n) is 4.84. The Hall–Kier alpha value is -2.29. The van der Waals surface area contributed by atoms with E-state index in [2.05, 4.69) is 20.2 Å². The Morgan fingerprint density at radius 2 is 2.13 bits per heavy atom. The molecule has 8 nitrogen and oxygen atoms in total. The van der Waals surface area contributed by atoms with Gasteiger partial charge in [0, 0.05) is 50.8 Å². The third kappa shape index (κ3) is 3.99. The van der Waals surface area contributed by atoms with Gasteiger partial charge in [-0.15, -0.1) is 0 Å². The summed E-state index contributed by atoms with van der Waals surface area (Å²) in [4.78, 5) is 16.2. The van der Waals surface area contributed by atoms with Crippen LogP contribution in [0.15, 0.2) is 24.5 Å². The van der Waals surface area contributed by atoms with Gasteiger partial charge in [0.2, 0.25) is 5.95 Å². The van der Waals surface area contributed by atoms with E-state index in [-0.39, 0.29) is 11.2 Å².